The average Bonchev–Trinajstić information content (AvgIpc) is 2.41. The molecule has 1 N–H and O–H groups in total. The Hall–Kier alpha value is -1.45. The number of pyridine rings is 1. The molecule has 2 nitrogen and oxygen atoms in total. The number of halogens is 2. The van der Waals surface area contributed by atoms with E-state index in [1.807, 2.05) is 12.1 Å². The fourth-order valence-corrected chi connectivity index (χ4v) is 2.09. The third-order valence-electron chi connectivity index (χ3n) is 2.87. The Morgan fingerprint density at radius 1 is 1.33 bits per heavy atom. The first-order valence-electron chi connectivity index (χ1n) is 5.72. The molecule has 0 amide bonds. The fourth-order valence-electron chi connectivity index (χ4n) is 1.91. The van der Waals surface area contributed by atoms with Gasteiger partial charge in [-0.15, -0.1) is 0 Å². The van der Waals surface area contributed by atoms with Gasteiger partial charge in [0.1, 0.15) is 5.82 Å². The van der Waals surface area contributed by atoms with E-state index in [2.05, 4.69) is 10.3 Å². The van der Waals surface area contributed by atoms with E-state index in [0.717, 1.165) is 5.56 Å². The monoisotopic (exact) mass is 264 g/mol. The molecule has 0 aliphatic heterocycles. The Labute approximate surface area is 111 Å². The van der Waals surface area contributed by atoms with Crippen molar-refractivity contribution in [1.82, 2.24) is 10.3 Å². The van der Waals surface area contributed by atoms with Gasteiger partial charge in [-0.1, -0.05) is 29.8 Å². The highest BCUT2D eigenvalue weighted by Gasteiger charge is 2.16. The zero-order valence-corrected chi connectivity index (χ0v) is 10.8. The van der Waals surface area contributed by atoms with Gasteiger partial charge in [0.2, 0.25) is 0 Å². The van der Waals surface area contributed by atoms with Crippen molar-refractivity contribution < 1.29 is 4.39 Å². The van der Waals surface area contributed by atoms with Crippen molar-refractivity contribution in [1.29, 1.82) is 0 Å². The van der Waals surface area contributed by atoms with Crippen LogP contribution in [0.1, 0.15) is 17.2 Å². The number of benzene rings is 1. The molecule has 0 spiro atoms. The quantitative estimate of drug-likeness (QED) is 0.916. The van der Waals surface area contributed by atoms with Gasteiger partial charge in [0, 0.05) is 24.0 Å². The van der Waals surface area contributed by atoms with Crippen molar-refractivity contribution in [3.8, 4) is 0 Å². The van der Waals surface area contributed by atoms with Crippen LogP contribution in [0.25, 0.3) is 0 Å². The van der Waals surface area contributed by atoms with Crippen LogP contribution in [0.15, 0.2) is 42.7 Å². The lowest BCUT2D eigenvalue weighted by molar-refractivity contribution is 0.534. The first-order valence-corrected chi connectivity index (χ1v) is 6.10. The molecule has 18 heavy (non-hydrogen) atoms. The maximum Gasteiger partial charge on any atom is 0.146 e. The second-order valence-corrected chi connectivity index (χ2v) is 4.46. The topological polar surface area (TPSA) is 24.9 Å². The van der Waals surface area contributed by atoms with Crippen LogP contribution in [0.5, 0.6) is 0 Å². The molecule has 1 aromatic carbocycles. The number of rotatable bonds is 4. The summed E-state index contributed by atoms with van der Waals surface area (Å²) in [5, 5.41) is 3.26. The smallest absolute Gasteiger partial charge is 0.146 e. The van der Waals surface area contributed by atoms with Crippen LogP contribution in [0.4, 0.5) is 4.39 Å². The van der Waals surface area contributed by atoms with E-state index in [4.69, 9.17) is 11.6 Å². The molecule has 0 saturated heterocycles. The standard InChI is InChI=1S/C14H14ClFN2/c1-17-13(8-10-4-3-7-18-9-10)11-5-2-6-12(15)14(11)16/h2-7,9,13,17H,8H2,1H3. The molecule has 1 unspecified atom stereocenters. The Kier molecular flexibility index (Phi) is 4.28. The maximum atomic E-state index is 14.0. The molecule has 2 rings (SSSR count). The molecule has 4 heteroatoms. The summed E-state index contributed by atoms with van der Waals surface area (Å²) in [5.74, 6) is -0.359. The van der Waals surface area contributed by atoms with Crippen molar-refractivity contribution in [2.45, 2.75) is 12.5 Å². The summed E-state index contributed by atoms with van der Waals surface area (Å²) in [7, 11) is 1.81. The van der Waals surface area contributed by atoms with E-state index in [1.165, 1.54) is 0 Å². The van der Waals surface area contributed by atoms with Crippen molar-refractivity contribution in [2.75, 3.05) is 7.05 Å². The van der Waals surface area contributed by atoms with Gasteiger partial charge in [-0.25, -0.2) is 4.39 Å². The number of nitrogens with zero attached hydrogens (tertiary/aromatic N) is 1. The lowest BCUT2D eigenvalue weighted by Crippen LogP contribution is -2.20. The Morgan fingerprint density at radius 2 is 2.17 bits per heavy atom. The second-order valence-electron chi connectivity index (χ2n) is 4.05. The molecule has 0 aliphatic rings. The molecule has 94 valence electrons. The van der Waals surface area contributed by atoms with Crippen LogP contribution in [-0.4, -0.2) is 12.0 Å². The van der Waals surface area contributed by atoms with Crippen molar-refractivity contribution in [3.63, 3.8) is 0 Å². The van der Waals surface area contributed by atoms with E-state index in [0.29, 0.717) is 12.0 Å². The lowest BCUT2D eigenvalue weighted by atomic mass is 9.99. The van der Waals surface area contributed by atoms with Crippen LogP contribution >= 0.6 is 11.6 Å². The predicted molar refractivity (Wildman–Crippen MR) is 71.2 cm³/mol. The van der Waals surface area contributed by atoms with Crippen LogP contribution < -0.4 is 5.32 Å². The molecule has 0 fully saturated rings. The second kappa shape index (κ2) is 5.94. The highest BCUT2D eigenvalue weighted by molar-refractivity contribution is 6.30. The summed E-state index contributed by atoms with van der Waals surface area (Å²) in [6.45, 7) is 0. The van der Waals surface area contributed by atoms with Gasteiger partial charge in [0.05, 0.1) is 5.02 Å². The minimum atomic E-state index is -0.359. The Bertz CT molecular complexity index is 516. The van der Waals surface area contributed by atoms with Crippen LogP contribution in [0, 0.1) is 5.82 Å². The summed E-state index contributed by atoms with van der Waals surface area (Å²) in [4.78, 5) is 4.06. The van der Waals surface area contributed by atoms with Crippen molar-refractivity contribution in [2.24, 2.45) is 0 Å². The highest BCUT2D eigenvalue weighted by Crippen LogP contribution is 2.25. The third kappa shape index (κ3) is 2.86. The predicted octanol–water partition coefficient (Wildman–Crippen LogP) is 3.38. The van der Waals surface area contributed by atoms with Gasteiger partial charge in [-0.2, -0.15) is 0 Å². The Balaban J connectivity index is 2.26. The van der Waals surface area contributed by atoms with E-state index in [-0.39, 0.29) is 16.9 Å². The summed E-state index contributed by atoms with van der Waals surface area (Å²) in [6.07, 6.45) is 4.17. The maximum absolute atomic E-state index is 14.0. The van der Waals surface area contributed by atoms with E-state index in [9.17, 15) is 4.39 Å². The first-order chi connectivity index (χ1) is 8.72. The minimum absolute atomic E-state index is 0.118. The third-order valence-corrected chi connectivity index (χ3v) is 3.16. The fraction of sp³-hybridized carbons (Fsp3) is 0.214. The van der Waals surface area contributed by atoms with E-state index in [1.54, 1.807) is 37.6 Å². The van der Waals surface area contributed by atoms with E-state index >= 15 is 0 Å². The molecule has 1 heterocycles. The van der Waals surface area contributed by atoms with Gasteiger partial charge in [-0.3, -0.25) is 4.98 Å². The summed E-state index contributed by atoms with van der Waals surface area (Å²) < 4.78 is 14.0. The van der Waals surface area contributed by atoms with Crippen LogP contribution in [-0.2, 0) is 6.42 Å². The van der Waals surface area contributed by atoms with E-state index < -0.39 is 0 Å². The van der Waals surface area contributed by atoms with Gasteiger partial charge in [0.15, 0.2) is 0 Å². The van der Waals surface area contributed by atoms with Gasteiger partial charge >= 0.3 is 0 Å². The van der Waals surface area contributed by atoms with Gasteiger partial charge in [0.25, 0.3) is 0 Å². The number of hydrogen-bond acceptors (Lipinski definition) is 2. The van der Waals surface area contributed by atoms with Crippen molar-refractivity contribution >= 4 is 11.6 Å². The average molecular weight is 265 g/mol. The molecule has 0 aliphatic carbocycles. The normalized spacial score (nSPS) is 12.4. The SMILES string of the molecule is CNC(Cc1cccnc1)c1cccc(Cl)c1F. The van der Waals surface area contributed by atoms with Crippen LogP contribution in [0.3, 0.4) is 0 Å². The first kappa shape index (κ1) is 13.0. The number of aromatic nitrogens is 1. The van der Waals surface area contributed by atoms with Gasteiger partial charge in [-0.05, 0) is 31.2 Å². The van der Waals surface area contributed by atoms with Crippen molar-refractivity contribution in [3.05, 3.63) is 64.7 Å². The number of nitrogens with one attached hydrogen (secondary N) is 1. The van der Waals surface area contributed by atoms with Crippen LogP contribution in [0.2, 0.25) is 5.02 Å². The molecule has 2 aromatic rings. The molecule has 0 radical (unpaired) electrons. The largest absolute Gasteiger partial charge is 0.313 e. The molecule has 1 atom stereocenters. The molecular weight excluding hydrogens is 251 g/mol. The number of likely N-dealkylation sites (N-methyl/N-ethyl adjacent to an activating group) is 1. The molecule has 0 saturated carbocycles. The van der Waals surface area contributed by atoms with Gasteiger partial charge < -0.3 is 5.32 Å². The lowest BCUT2D eigenvalue weighted by Gasteiger charge is -2.17. The summed E-state index contributed by atoms with van der Waals surface area (Å²) >= 11 is 5.80. The summed E-state index contributed by atoms with van der Waals surface area (Å²) in [6, 6.07) is 8.79. The zero-order valence-electron chi connectivity index (χ0n) is 10.0. The molecule has 0 bridgehead atoms. The minimum Gasteiger partial charge on any atom is -0.313 e. The zero-order chi connectivity index (χ0) is 13.0. The summed E-state index contributed by atoms with van der Waals surface area (Å²) in [5.41, 5.74) is 1.63. The highest BCUT2D eigenvalue weighted by atomic mass is 35.5. The Morgan fingerprint density at radius 3 is 2.83 bits per heavy atom. The molecular formula is C14H14ClFN2. The number of hydrogen-bond donors (Lipinski definition) is 1. The molecule has 1 aromatic heterocycles.